The lowest BCUT2D eigenvalue weighted by atomic mass is 9.93. The standard InChI is InChI=1S/C21H17NO4S/c22-21(19(23)24,13-9-10-27-12-13)20(25)26-11-18-16-7-3-1-5-14(16)15-6-2-4-8-17(15)18/h1-10,12,18H,11,22H2,(H,23,24). The van der Waals surface area contributed by atoms with Gasteiger partial charge in [-0.15, -0.1) is 0 Å². The first-order chi connectivity index (χ1) is 13.0. The molecule has 27 heavy (non-hydrogen) atoms. The summed E-state index contributed by atoms with van der Waals surface area (Å²) in [5.41, 5.74) is 8.28. The van der Waals surface area contributed by atoms with Crippen molar-refractivity contribution >= 4 is 23.3 Å². The Bertz CT molecular complexity index is 969. The van der Waals surface area contributed by atoms with Gasteiger partial charge in [-0.1, -0.05) is 48.5 Å². The molecule has 3 aromatic rings. The third-order valence-electron chi connectivity index (χ3n) is 4.98. The molecular weight excluding hydrogens is 362 g/mol. The fourth-order valence-corrected chi connectivity index (χ4v) is 4.24. The fourth-order valence-electron chi connectivity index (χ4n) is 3.53. The number of hydrogen-bond acceptors (Lipinski definition) is 5. The van der Waals surface area contributed by atoms with Crippen LogP contribution in [0.3, 0.4) is 0 Å². The number of carbonyl (C=O) groups is 2. The maximum Gasteiger partial charge on any atom is 0.342 e. The largest absolute Gasteiger partial charge is 0.479 e. The number of thiophene rings is 1. The van der Waals surface area contributed by atoms with Gasteiger partial charge in [-0.05, 0) is 39.1 Å². The number of esters is 1. The van der Waals surface area contributed by atoms with Crippen LogP contribution < -0.4 is 5.73 Å². The number of carboxylic acid groups (broad SMARTS) is 1. The number of ether oxygens (including phenoxy) is 1. The lowest BCUT2D eigenvalue weighted by molar-refractivity contribution is -0.161. The van der Waals surface area contributed by atoms with Crippen molar-refractivity contribution in [3.63, 3.8) is 0 Å². The summed E-state index contributed by atoms with van der Waals surface area (Å²) < 4.78 is 5.45. The Balaban J connectivity index is 1.62. The summed E-state index contributed by atoms with van der Waals surface area (Å²) in [5, 5.41) is 12.8. The summed E-state index contributed by atoms with van der Waals surface area (Å²) in [5.74, 6) is -2.55. The number of hydrogen-bond donors (Lipinski definition) is 2. The van der Waals surface area contributed by atoms with E-state index >= 15 is 0 Å². The van der Waals surface area contributed by atoms with Crippen LogP contribution in [0.4, 0.5) is 0 Å². The number of nitrogens with two attached hydrogens (primary N) is 1. The monoisotopic (exact) mass is 379 g/mol. The Labute approximate surface area is 160 Å². The van der Waals surface area contributed by atoms with Crippen LogP contribution in [0.1, 0.15) is 22.6 Å². The zero-order valence-corrected chi connectivity index (χ0v) is 15.1. The normalized spacial score (nSPS) is 14.9. The number of rotatable bonds is 5. The summed E-state index contributed by atoms with van der Waals surface area (Å²) in [6.45, 7) is 0.0310. The lowest BCUT2D eigenvalue weighted by Gasteiger charge is -2.23. The highest BCUT2D eigenvalue weighted by atomic mass is 32.1. The summed E-state index contributed by atoms with van der Waals surface area (Å²) in [6.07, 6.45) is 0. The molecule has 0 saturated heterocycles. The van der Waals surface area contributed by atoms with E-state index in [1.165, 1.54) is 17.4 Å². The van der Waals surface area contributed by atoms with Crippen molar-refractivity contribution in [3.8, 4) is 11.1 Å². The summed E-state index contributed by atoms with van der Waals surface area (Å²) >= 11 is 1.27. The number of fused-ring (bicyclic) bond motifs is 3. The maximum atomic E-state index is 12.7. The highest BCUT2D eigenvalue weighted by molar-refractivity contribution is 7.08. The molecule has 1 heterocycles. The maximum absolute atomic E-state index is 12.7. The van der Waals surface area contributed by atoms with Crippen LogP contribution in [0.5, 0.6) is 0 Å². The quantitative estimate of drug-likeness (QED) is 0.524. The first-order valence-corrected chi connectivity index (χ1v) is 9.38. The van der Waals surface area contributed by atoms with Crippen molar-refractivity contribution < 1.29 is 19.4 Å². The number of aliphatic carboxylic acids is 1. The van der Waals surface area contributed by atoms with Gasteiger partial charge in [-0.25, -0.2) is 9.59 Å². The molecule has 0 amide bonds. The van der Waals surface area contributed by atoms with Gasteiger partial charge in [0.25, 0.3) is 0 Å². The minimum absolute atomic E-state index is 0.0310. The molecule has 0 fully saturated rings. The molecule has 0 aliphatic heterocycles. The van der Waals surface area contributed by atoms with E-state index in [1.54, 1.807) is 10.8 Å². The third-order valence-corrected chi connectivity index (χ3v) is 5.66. The van der Waals surface area contributed by atoms with Crippen molar-refractivity contribution in [2.45, 2.75) is 11.5 Å². The average Bonchev–Trinajstić information content (AvgIpc) is 3.32. The fraction of sp³-hybridized carbons (Fsp3) is 0.143. The Kier molecular flexibility index (Phi) is 4.30. The SMILES string of the molecule is NC(C(=O)O)(C(=O)OCC1c2ccccc2-c2ccccc21)c1ccsc1. The highest BCUT2D eigenvalue weighted by Gasteiger charge is 2.46. The van der Waals surface area contributed by atoms with Gasteiger partial charge < -0.3 is 15.6 Å². The van der Waals surface area contributed by atoms with Gasteiger partial charge in [0.15, 0.2) is 0 Å². The van der Waals surface area contributed by atoms with E-state index in [4.69, 9.17) is 10.5 Å². The summed E-state index contributed by atoms with van der Waals surface area (Å²) in [7, 11) is 0. The van der Waals surface area contributed by atoms with Gasteiger partial charge in [0.1, 0.15) is 6.61 Å². The molecule has 0 saturated carbocycles. The number of carboxylic acids is 1. The van der Waals surface area contributed by atoms with Crippen LogP contribution in [0.25, 0.3) is 11.1 Å². The minimum Gasteiger partial charge on any atom is -0.479 e. The van der Waals surface area contributed by atoms with Crippen LogP contribution in [-0.2, 0) is 19.9 Å². The first kappa shape index (κ1) is 17.5. The van der Waals surface area contributed by atoms with Crippen LogP contribution in [-0.4, -0.2) is 23.7 Å². The molecule has 136 valence electrons. The van der Waals surface area contributed by atoms with Gasteiger partial charge in [-0.2, -0.15) is 11.3 Å². The van der Waals surface area contributed by atoms with E-state index < -0.39 is 17.5 Å². The number of carbonyl (C=O) groups excluding carboxylic acids is 1. The smallest absolute Gasteiger partial charge is 0.342 e. The molecule has 5 nitrogen and oxygen atoms in total. The molecule has 3 N–H and O–H groups in total. The van der Waals surface area contributed by atoms with E-state index in [2.05, 4.69) is 0 Å². The minimum atomic E-state index is -2.21. The van der Waals surface area contributed by atoms with E-state index in [0.29, 0.717) is 0 Å². The molecular formula is C21H17NO4S. The van der Waals surface area contributed by atoms with E-state index in [1.807, 2.05) is 48.5 Å². The Morgan fingerprint density at radius 1 is 1.04 bits per heavy atom. The van der Waals surface area contributed by atoms with Crippen molar-refractivity contribution in [1.29, 1.82) is 0 Å². The molecule has 1 aromatic heterocycles. The Hall–Kier alpha value is -2.96. The Morgan fingerprint density at radius 2 is 1.63 bits per heavy atom. The second-order valence-electron chi connectivity index (χ2n) is 6.45. The predicted molar refractivity (Wildman–Crippen MR) is 103 cm³/mol. The van der Waals surface area contributed by atoms with Crippen molar-refractivity contribution in [3.05, 3.63) is 82.0 Å². The van der Waals surface area contributed by atoms with E-state index in [-0.39, 0.29) is 18.1 Å². The molecule has 0 spiro atoms. The predicted octanol–water partition coefficient (Wildman–Crippen LogP) is 3.34. The molecule has 0 radical (unpaired) electrons. The van der Waals surface area contributed by atoms with E-state index in [0.717, 1.165) is 22.3 Å². The zero-order chi connectivity index (χ0) is 19.0. The molecule has 1 unspecified atom stereocenters. The molecule has 6 heteroatoms. The summed E-state index contributed by atoms with van der Waals surface area (Å²) in [6, 6.07) is 17.4. The molecule has 0 bridgehead atoms. The van der Waals surface area contributed by atoms with Crippen LogP contribution >= 0.6 is 11.3 Å². The number of benzene rings is 2. The van der Waals surface area contributed by atoms with Crippen molar-refractivity contribution in [2.24, 2.45) is 5.73 Å². The first-order valence-electron chi connectivity index (χ1n) is 8.44. The van der Waals surface area contributed by atoms with Crippen LogP contribution in [0.15, 0.2) is 65.4 Å². The molecule has 1 aliphatic carbocycles. The van der Waals surface area contributed by atoms with Crippen LogP contribution in [0.2, 0.25) is 0 Å². The third kappa shape index (κ3) is 2.74. The van der Waals surface area contributed by atoms with Crippen LogP contribution in [0, 0.1) is 0 Å². The van der Waals surface area contributed by atoms with E-state index in [9.17, 15) is 14.7 Å². The topological polar surface area (TPSA) is 89.6 Å². The van der Waals surface area contributed by atoms with Gasteiger partial charge in [0.2, 0.25) is 5.54 Å². The molecule has 2 aromatic carbocycles. The Morgan fingerprint density at radius 3 is 2.15 bits per heavy atom. The second kappa shape index (κ2) is 6.64. The molecule has 4 rings (SSSR count). The van der Waals surface area contributed by atoms with Crippen molar-refractivity contribution in [1.82, 2.24) is 0 Å². The lowest BCUT2D eigenvalue weighted by Crippen LogP contribution is -2.52. The summed E-state index contributed by atoms with van der Waals surface area (Å²) in [4.78, 5) is 24.4. The van der Waals surface area contributed by atoms with Gasteiger partial charge in [-0.3, -0.25) is 0 Å². The van der Waals surface area contributed by atoms with Gasteiger partial charge >= 0.3 is 11.9 Å². The average molecular weight is 379 g/mol. The van der Waals surface area contributed by atoms with Gasteiger partial charge in [0, 0.05) is 11.5 Å². The zero-order valence-electron chi connectivity index (χ0n) is 14.3. The molecule has 1 atom stereocenters. The van der Waals surface area contributed by atoms with Gasteiger partial charge in [0.05, 0.1) is 0 Å². The second-order valence-corrected chi connectivity index (χ2v) is 7.23. The molecule has 1 aliphatic rings. The van der Waals surface area contributed by atoms with Crippen molar-refractivity contribution in [2.75, 3.05) is 6.61 Å². The highest BCUT2D eigenvalue weighted by Crippen LogP contribution is 2.44.